The Morgan fingerprint density at radius 2 is 2.06 bits per heavy atom. The molecule has 4 heteroatoms. The van der Waals surface area contributed by atoms with Crippen LogP contribution in [0.5, 0.6) is 0 Å². The lowest BCUT2D eigenvalue weighted by atomic mass is 10.1. The van der Waals surface area contributed by atoms with Crippen molar-refractivity contribution in [2.75, 3.05) is 0 Å². The van der Waals surface area contributed by atoms with Gasteiger partial charge in [0.2, 0.25) is 0 Å². The summed E-state index contributed by atoms with van der Waals surface area (Å²) in [6, 6.07) is 5.98. The Labute approximate surface area is 111 Å². The first-order chi connectivity index (χ1) is 8.49. The summed E-state index contributed by atoms with van der Waals surface area (Å²) in [5.41, 5.74) is 3.42. The van der Waals surface area contributed by atoms with Gasteiger partial charge < -0.3 is 9.67 Å². The lowest BCUT2D eigenvalue weighted by Crippen LogP contribution is -2.04. The third-order valence-corrected chi connectivity index (χ3v) is 3.35. The molecule has 0 atom stereocenters. The van der Waals surface area contributed by atoms with Crippen molar-refractivity contribution in [2.24, 2.45) is 0 Å². The van der Waals surface area contributed by atoms with Gasteiger partial charge in [0, 0.05) is 29.1 Å². The first-order valence-electron chi connectivity index (χ1n) is 5.97. The van der Waals surface area contributed by atoms with Gasteiger partial charge in [-0.2, -0.15) is 0 Å². The molecule has 0 aliphatic rings. The predicted octanol–water partition coefficient (Wildman–Crippen LogP) is 3.78. The maximum atomic E-state index is 10.6. The number of hydrogen-bond donors (Lipinski definition) is 1. The second-order valence-corrected chi connectivity index (χ2v) is 5.03. The Morgan fingerprint density at radius 1 is 1.33 bits per heavy atom. The molecule has 2 rings (SSSR count). The molecule has 0 aliphatic heterocycles. The van der Waals surface area contributed by atoms with E-state index < -0.39 is 5.97 Å². The van der Waals surface area contributed by atoms with E-state index in [1.807, 2.05) is 26.0 Å². The van der Waals surface area contributed by atoms with Gasteiger partial charge in [-0.25, -0.2) is 0 Å². The maximum absolute atomic E-state index is 10.6. The van der Waals surface area contributed by atoms with Crippen LogP contribution in [0, 0.1) is 13.8 Å². The molecule has 0 saturated heterocycles. The molecule has 96 valence electrons. The fraction of sp³-hybridized carbons (Fsp3) is 0.357. The zero-order chi connectivity index (χ0) is 13.3. The summed E-state index contributed by atoms with van der Waals surface area (Å²) in [4.78, 5) is 10.6. The molecule has 0 radical (unpaired) electrons. The fourth-order valence-electron chi connectivity index (χ4n) is 2.40. The highest BCUT2D eigenvalue weighted by Crippen LogP contribution is 2.27. The number of benzene rings is 1. The standard InChI is InChI=1S/C14H16ClNO2/c1-9-6-12(15)8-11-7-10(2)16(14(9)11)5-3-4-13(17)18/h6-8H,3-5H2,1-2H3,(H,17,18). The van der Waals surface area contributed by atoms with Crippen LogP contribution in [0.1, 0.15) is 24.1 Å². The zero-order valence-corrected chi connectivity index (χ0v) is 11.3. The van der Waals surface area contributed by atoms with E-state index in [2.05, 4.69) is 10.6 Å². The minimum atomic E-state index is -0.746. The van der Waals surface area contributed by atoms with Crippen molar-refractivity contribution < 1.29 is 9.90 Å². The molecule has 1 aromatic heterocycles. The van der Waals surface area contributed by atoms with Crippen LogP contribution in [-0.4, -0.2) is 15.6 Å². The molecule has 0 fully saturated rings. The van der Waals surface area contributed by atoms with Crippen molar-refractivity contribution in [2.45, 2.75) is 33.2 Å². The van der Waals surface area contributed by atoms with Gasteiger partial charge in [-0.3, -0.25) is 4.79 Å². The van der Waals surface area contributed by atoms with E-state index in [1.165, 1.54) is 0 Å². The lowest BCUT2D eigenvalue weighted by molar-refractivity contribution is -0.137. The van der Waals surface area contributed by atoms with Crippen LogP contribution in [-0.2, 0) is 11.3 Å². The Kier molecular flexibility index (Phi) is 3.62. The third kappa shape index (κ3) is 2.51. The normalized spacial score (nSPS) is 11.1. The second kappa shape index (κ2) is 5.02. The third-order valence-electron chi connectivity index (χ3n) is 3.13. The molecule has 0 amide bonds. The number of fused-ring (bicyclic) bond motifs is 1. The van der Waals surface area contributed by atoms with Gasteiger partial charge in [0.05, 0.1) is 5.52 Å². The molecule has 18 heavy (non-hydrogen) atoms. The summed E-state index contributed by atoms with van der Waals surface area (Å²) < 4.78 is 2.17. The summed E-state index contributed by atoms with van der Waals surface area (Å²) in [7, 11) is 0. The van der Waals surface area contributed by atoms with E-state index in [1.54, 1.807) is 0 Å². The highest BCUT2D eigenvalue weighted by atomic mass is 35.5. The van der Waals surface area contributed by atoms with Crippen molar-refractivity contribution in [1.29, 1.82) is 0 Å². The van der Waals surface area contributed by atoms with Crippen LogP contribution in [0.2, 0.25) is 5.02 Å². The molecule has 1 aromatic carbocycles. The van der Waals surface area contributed by atoms with E-state index in [-0.39, 0.29) is 6.42 Å². The van der Waals surface area contributed by atoms with Gasteiger partial charge in [-0.05, 0) is 44.0 Å². The molecule has 0 bridgehead atoms. The van der Waals surface area contributed by atoms with E-state index in [0.29, 0.717) is 6.42 Å². The van der Waals surface area contributed by atoms with Crippen molar-refractivity contribution in [3.05, 3.63) is 34.5 Å². The zero-order valence-electron chi connectivity index (χ0n) is 10.5. The average Bonchev–Trinajstić information content (AvgIpc) is 2.54. The first-order valence-corrected chi connectivity index (χ1v) is 6.34. The largest absolute Gasteiger partial charge is 0.481 e. The van der Waals surface area contributed by atoms with Crippen LogP contribution < -0.4 is 0 Å². The van der Waals surface area contributed by atoms with Crippen molar-refractivity contribution >= 4 is 28.5 Å². The molecular formula is C14H16ClNO2. The number of halogens is 1. The number of aryl methyl sites for hydroxylation is 3. The highest BCUT2D eigenvalue weighted by Gasteiger charge is 2.09. The van der Waals surface area contributed by atoms with E-state index in [9.17, 15) is 4.79 Å². The molecule has 2 aromatic rings. The highest BCUT2D eigenvalue weighted by molar-refractivity contribution is 6.31. The van der Waals surface area contributed by atoms with Crippen LogP contribution in [0.25, 0.3) is 10.9 Å². The Hall–Kier alpha value is -1.48. The number of carbonyl (C=O) groups is 1. The van der Waals surface area contributed by atoms with Gasteiger partial charge in [0.15, 0.2) is 0 Å². The monoisotopic (exact) mass is 265 g/mol. The number of carboxylic acids is 1. The van der Waals surface area contributed by atoms with Crippen LogP contribution in [0.3, 0.4) is 0 Å². The Morgan fingerprint density at radius 3 is 2.72 bits per heavy atom. The SMILES string of the molecule is Cc1cc(Cl)cc2cc(C)n(CCCC(=O)O)c12. The summed E-state index contributed by atoms with van der Waals surface area (Å²) in [6.07, 6.45) is 0.841. The minimum Gasteiger partial charge on any atom is -0.481 e. The number of rotatable bonds is 4. The summed E-state index contributed by atoms with van der Waals surface area (Å²) in [5, 5.41) is 10.5. The lowest BCUT2D eigenvalue weighted by Gasteiger charge is -2.09. The van der Waals surface area contributed by atoms with Gasteiger partial charge in [0.25, 0.3) is 0 Å². The predicted molar refractivity (Wildman–Crippen MR) is 73.3 cm³/mol. The van der Waals surface area contributed by atoms with Gasteiger partial charge in [-0.1, -0.05) is 11.6 Å². The molecule has 0 unspecified atom stereocenters. The molecule has 1 N–H and O–H groups in total. The number of aliphatic carboxylic acids is 1. The molecule has 1 heterocycles. The summed E-state index contributed by atoms with van der Waals surface area (Å²) >= 11 is 6.04. The second-order valence-electron chi connectivity index (χ2n) is 4.60. The van der Waals surface area contributed by atoms with Crippen molar-refractivity contribution in [3.63, 3.8) is 0 Å². The molecule has 0 spiro atoms. The van der Waals surface area contributed by atoms with Crippen LogP contribution in [0.4, 0.5) is 0 Å². The molecule has 3 nitrogen and oxygen atoms in total. The van der Waals surface area contributed by atoms with Crippen molar-refractivity contribution in [1.82, 2.24) is 4.57 Å². The fourth-order valence-corrected chi connectivity index (χ4v) is 2.68. The maximum Gasteiger partial charge on any atom is 0.303 e. The van der Waals surface area contributed by atoms with E-state index >= 15 is 0 Å². The number of aromatic nitrogens is 1. The molecule has 0 aliphatic carbocycles. The minimum absolute atomic E-state index is 0.200. The van der Waals surface area contributed by atoms with E-state index in [4.69, 9.17) is 16.7 Å². The topological polar surface area (TPSA) is 42.2 Å². The van der Waals surface area contributed by atoms with Gasteiger partial charge >= 0.3 is 5.97 Å². The van der Waals surface area contributed by atoms with Crippen LogP contribution in [0.15, 0.2) is 18.2 Å². The smallest absolute Gasteiger partial charge is 0.303 e. The molecular weight excluding hydrogens is 250 g/mol. The summed E-state index contributed by atoms with van der Waals surface area (Å²) in [6.45, 7) is 4.79. The molecule has 0 saturated carbocycles. The Bertz CT molecular complexity index is 601. The Balaban J connectivity index is 2.37. The van der Waals surface area contributed by atoms with Gasteiger partial charge in [0.1, 0.15) is 0 Å². The average molecular weight is 266 g/mol. The first kappa shape index (κ1) is 13.0. The van der Waals surface area contributed by atoms with Crippen LogP contribution >= 0.6 is 11.6 Å². The number of hydrogen-bond acceptors (Lipinski definition) is 1. The van der Waals surface area contributed by atoms with Crippen molar-refractivity contribution in [3.8, 4) is 0 Å². The van der Waals surface area contributed by atoms with E-state index in [0.717, 1.165) is 33.7 Å². The summed E-state index contributed by atoms with van der Waals surface area (Å²) in [5.74, 6) is -0.746. The van der Waals surface area contributed by atoms with Gasteiger partial charge in [-0.15, -0.1) is 0 Å². The number of nitrogens with zero attached hydrogens (tertiary/aromatic N) is 1. The quantitative estimate of drug-likeness (QED) is 0.914. The number of carboxylic acid groups (broad SMARTS) is 1.